The van der Waals surface area contributed by atoms with Crippen molar-refractivity contribution in [1.29, 1.82) is 0 Å². The van der Waals surface area contributed by atoms with Crippen molar-refractivity contribution < 1.29 is 5.11 Å². The molecule has 0 radical (unpaired) electrons. The first kappa shape index (κ1) is 12.1. The molecule has 0 bridgehead atoms. The standard InChI is InChI=1S/C16H20O/c1-2-13(12-17)16(15-10-6-7-11-15)14-8-4-3-5-9-14/h3-10,13,16-17H,2,11-12H2,1H3/t13-,16-/m0/s1. The summed E-state index contributed by atoms with van der Waals surface area (Å²) in [4.78, 5) is 0. The lowest BCUT2D eigenvalue weighted by Crippen LogP contribution is -2.18. The van der Waals surface area contributed by atoms with Crippen LogP contribution < -0.4 is 0 Å². The molecule has 2 rings (SSSR count). The molecule has 0 heterocycles. The fourth-order valence-corrected chi connectivity index (χ4v) is 2.61. The Kier molecular flexibility index (Phi) is 4.16. The van der Waals surface area contributed by atoms with Crippen molar-refractivity contribution in [2.45, 2.75) is 25.7 Å². The average Bonchev–Trinajstić information content (AvgIpc) is 2.90. The summed E-state index contributed by atoms with van der Waals surface area (Å²) in [5.41, 5.74) is 2.75. The van der Waals surface area contributed by atoms with Gasteiger partial charge >= 0.3 is 0 Å². The van der Waals surface area contributed by atoms with Crippen LogP contribution in [0.3, 0.4) is 0 Å². The molecule has 0 aliphatic heterocycles. The SMILES string of the molecule is CC[C@@H](CO)[C@H](C1=CC=CC1)c1ccccc1. The fraction of sp³-hybridized carbons (Fsp3) is 0.375. The second-order valence-electron chi connectivity index (χ2n) is 4.61. The maximum atomic E-state index is 9.57. The van der Waals surface area contributed by atoms with Gasteiger partial charge in [-0.25, -0.2) is 0 Å². The normalized spacial score (nSPS) is 17.9. The first-order valence-electron chi connectivity index (χ1n) is 6.38. The molecule has 1 heteroatoms. The van der Waals surface area contributed by atoms with Crippen LogP contribution in [-0.2, 0) is 0 Å². The molecule has 0 unspecified atom stereocenters. The first-order chi connectivity index (χ1) is 8.36. The highest BCUT2D eigenvalue weighted by Gasteiger charge is 2.24. The van der Waals surface area contributed by atoms with Crippen LogP contribution in [0.15, 0.2) is 54.1 Å². The van der Waals surface area contributed by atoms with Gasteiger partial charge in [-0.2, -0.15) is 0 Å². The van der Waals surface area contributed by atoms with Gasteiger partial charge in [0.1, 0.15) is 0 Å². The molecule has 0 saturated carbocycles. The zero-order valence-corrected chi connectivity index (χ0v) is 10.3. The van der Waals surface area contributed by atoms with Gasteiger partial charge in [-0.15, -0.1) is 0 Å². The lowest BCUT2D eigenvalue weighted by molar-refractivity contribution is 0.208. The van der Waals surface area contributed by atoms with Gasteiger partial charge in [-0.1, -0.05) is 67.5 Å². The fourth-order valence-electron chi connectivity index (χ4n) is 2.61. The van der Waals surface area contributed by atoms with Crippen LogP contribution in [0.25, 0.3) is 0 Å². The van der Waals surface area contributed by atoms with E-state index in [9.17, 15) is 5.11 Å². The second kappa shape index (κ2) is 5.83. The van der Waals surface area contributed by atoms with Crippen LogP contribution in [0.5, 0.6) is 0 Å². The molecule has 1 aromatic rings. The quantitative estimate of drug-likeness (QED) is 0.815. The van der Waals surface area contributed by atoms with E-state index >= 15 is 0 Å². The van der Waals surface area contributed by atoms with E-state index in [1.54, 1.807) is 0 Å². The van der Waals surface area contributed by atoms with Crippen LogP contribution >= 0.6 is 0 Å². The van der Waals surface area contributed by atoms with Crippen molar-refractivity contribution in [1.82, 2.24) is 0 Å². The van der Waals surface area contributed by atoms with Gasteiger partial charge in [-0.3, -0.25) is 0 Å². The van der Waals surface area contributed by atoms with E-state index in [-0.39, 0.29) is 6.61 Å². The lowest BCUT2D eigenvalue weighted by Gasteiger charge is -2.26. The summed E-state index contributed by atoms with van der Waals surface area (Å²) in [6, 6.07) is 10.5. The number of aliphatic hydroxyl groups is 1. The minimum Gasteiger partial charge on any atom is -0.396 e. The van der Waals surface area contributed by atoms with E-state index in [1.165, 1.54) is 11.1 Å². The van der Waals surface area contributed by atoms with E-state index < -0.39 is 0 Å². The summed E-state index contributed by atoms with van der Waals surface area (Å²) in [7, 11) is 0. The second-order valence-corrected chi connectivity index (χ2v) is 4.61. The third kappa shape index (κ3) is 2.67. The van der Waals surface area contributed by atoms with Gasteiger partial charge in [0.15, 0.2) is 0 Å². The molecule has 1 N–H and O–H groups in total. The lowest BCUT2D eigenvalue weighted by atomic mass is 9.79. The van der Waals surface area contributed by atoms with Gasteiger partial charge in [0.25, 0.3) is 0 Å². The molecule has 2 atom stereocenters. The summed E-state index contributed by atoms with van der Waals surface area (Å²) in [6.45, 7) is 2.41. The van der Waals surface area contributed by atoms with Crippen molar-refractivity contribution >= 4 is 0 Å². The average molecular weight is 228 g/mol. The Balaban J connectivity index is 2.30. The Morgan fingerprint density at radius 1 is 1.24 bits per heavy atom. The number of hydrogen-bond donors (Lipinski definition) is 1. The summed E-state index contributed by atoms with van der Waals surface area (Å²) in [6.07, 6.45) is 8.55. The zero-order valence-electron chi connectivity index (χ0n) is 10.3. The highest BCUT2D eigenvalue weighted by atomic mass is 16.3. The Morgan fingerprint density at radius 3 is 2.53 bits per heavy atom. The minimum absolute atomic E-state index is 0.257. The van der Waals surface area contributed by atoms with Crippen molar-refractivity contribution in [2.75, 3.05) is 6.61 Å². The smallest absolute Gasteiger partial charge is 0.0468 e. The van der Waals surface area contributed by atoms with Crippen LogP contribution in [-0.4, -0.2) is 11.7 Å². The molecular formula is C16H20O. The Morgan fingerprint density at radius 2 is 2.00 bits per heavy atom. The molecule has 0 saturated heterocycles. The maximum absolute atomic E-state index is 9.57. The van der Waals surface area contributed by atoms with Crippen LogP contribution in [0.4, 0.5) is 0 Å². The first-order valence-corrected chi connectivity index (χ1v) is 6.38. The maximum Gasteiger partial charge on any atom is 0.0468 e. The van der Waals surface area contributed by atoms with Crippen molar-refractivity contribution in [3.63, 3.8) is 0 Å². The summed E-state index contributed by atoms with van der Waals surface area (Å²) >= 11 is 0. The van der Waals surface area contributed by atoms with E-state index in [0.29, 0.717) is 11.8 Å². The molecule has 17 heavy (non-hydrogen) atoms. The number of allylic oxidation sites excluding steroid dienone is 4. The summed E-state index contributed by atoms with van der Waals surface area (Å²) < 4.78 is 0. The minimum atomic E-state index is 0.257. The van der Waals surface area contributed by atoms with Crippen LogP contribution in [0.2, 0.25) is 0 Å². The number of hydrogen-bond acceptors (Lipinski definition) is 1. The number of rotatable bonds is 5. The molecule has 0 amide bonds. The number of benzene rings is 1. The summed E-state index contributed by atoms with van der Waals surface area (Å²) in [5.74, 6) is 0.685. The van der Waals surface area contributed by atoms with Crippen LogP contribution in [0.1, 0.15) is 31.2 Å². The molecule has 1 nitrogen and oxygen atoms in total. The molecular weight excluding hydrogens is 208 g/mol. The van der Waals surface area contributed by atoms with Gasteiger partial charge in [0.2, 0.25) is 0 Å². The molecule has 1 aliphatic rings. The molecule has 0 spiro atoms. The van der Waals surface area contributed by atoms with Gasteiger partial charge < -0.3 is 5.11 Å². The third-order valence-electron chi connectivity index (χ3n) is 3.59. The summed E-state index contributed by atoms with van der Waals surface area (Å²) in [5, 5.41) is 9.57. The van der Waals surface area contributed by atoms with E-state index in [0.717, 1.165) is 12.8 Å². The van der Waals surface area contributed by atoms with Gasteiger partial charge in [0, 0.05) is 12.5 Å². The monoisotopic (exact) mass is 228 g/mol. The molecule has 1 aliphatic carbocycles. The van der Waals surface area contributed by atoms with E-state index in [2.05, 4.69) is 49.4 Å². The largest absolute Gasteiger partial charge is 0.396 e. The molecule has 0 fully saturated rings. The molecule has 0 aromatic heterocycles. The number of aliphatic hydroxyl groups excluding tert-OH is 1. The Hall–Kier alpha value is -1.34. The van der Waals surface area contributed by atoms with Gasteiger partial charge in [-0.05, 0) is 17.9 Å². The van der Waals surface area contributed by atoms with Gasteiger partial charge in [0.05, 0.1) is 0 Å². The Bertz CT molecular complexity index is 399. The van der Waals surface area contributed by atoms with Crippen molar-refractivity contribution in [3.05, 3.63) is 59.7 Å². The zero-order chi connectivity index (χ0) is 12.1. The highest BCUT2D eigenvalue weighted by Crippen LogP contribution is 2.37. The van der Waals surface area contributed by atoms with Crippen molar-refractivity contribution in [2.24, 2.45) is 5.92 Å². The predicted octanol–water partition coefficient (Wildman–Crippen LogP) is 3.68. The van der Waals surface area contributed by atoms with E-state index in [4.69, 9.17) is 0 Å². The van der Waals surface area contributed by atoms with Crippen molar-refractivity contribution in [3.8, 4) is 0 Å². The third-order valence-corrected chi connectivity index (χ3v) is 3.59. The molecule has 90 valence electrons. The highest BCUT2D eigenvalue weighted by molar-refractivity contribution is 5.36. The topological polar surface area (TPSA) is 20.2 Å². The van der Waals surface area contributed by atoms with E-state index in [1.807, 2.05) is 6.07 Å². The predicted molar refractivity (Wildman–Crippen MR) is 71.9 cm³/mol. The van der Waals surface area contributed by atoms with Crippen LogP contribution in [0, 0.1) is 5.92 Å². The molecule has 1 aromatic carbocycles. The Labute approximate surface area is 103 Å².